The normalized spacial score (nSPS) is 13.7. The molecule has 0 radical (unpaired) electrons. The Labute approximate surface area is 117 Å². The SMILES string of the molecule is C[C@H](CSC(C)(C)C)Nc1ccc2oc(=O)[nH]c2c1. The molecule has 1 aromatic carbocycles. The van der Waals surface area contributed by atoms with E-state index in [0.29, 0.717) is 11.6 Å². The van der Waals surface area contributed by atoms with Crippen molar-refractivity contribution >= 4 is 28.5 Å². The molecular formula is C14H20N2O2S. The van der Waals surface area contributed by atoms with Crippen molar-refractivity contribution in [3.63, 3.8) is 0 Å². The Morgan fingerprint density at radius 3 is 2.84 bits per heavy atom. The Bertz CT molecular complexity index is 610. The third kappa shape index (κ3) is 4.06. The van der Waals surface area contributed by atoms with Crippen LogP contribution in [0.25, 0.3) is 11.1 Å². The summed E-state index contributed by atoms with van der Waals surface area (Å²) in [5, 5.41) is 3.43. The average Bonchev–Trinajstić information content (AvgIpc) is 2.65. The number of aromatic nitrogens is 1. The fourth-order valence-corrected chi connectivity index (χ4v) is 2.58. The number of fused-ring (bicyclic) bond motifs is 1. The second kappa shape index (κ2) is 5.33. The second-order valence-electron chi connectivity index (χ2n) is 5.69. The van der Waals surface area contributed by atoms with Crippen LogP contribution in [0.1, 0.15) is 27.7 Å². The van der Waals surface area contributed by atoms with E-state index in [2.05, 4.69) is 38.0 Å². The number of oxazole rings is 1. The van der Waals surface area contributed by atoms with Crippen LogP contribution < -0.4 is 11.1 Å². The van der Waals surface area contributed by atoms with Crippen molar-refractivity contribution in [3.05, 3.63) is 28.7 Å². The van der Waals surface area contributed by atoms with Crippen LogP contribution in [0.15, 0.2) is 27.4 Å². The first-order chi connectivity index (χ1) is 8.83. The van der Waals surface area contributed by atoms with Gasteiger partial charge in [-0.1, -0.05) is 20.8 Å². The van der Waals surface area contributed by atoms with Crippen molar-refractivity contribution in [1.82, 2.24) is 4.98 Å². The smallest absolute Gasteiger partial charge is 0.408 e. The van der Waals surface area contributed by atoms with Gasteiger partial charge in [-0.3, -0.25) is 4.98 Å². The van der Waals surface area contributed by atoms with Crippen molar-refractivity contribution in [2.24, 2.45) is 0 Å². The van der Waals surface area contributed by atoms with Gasteiger partial charge in [-0.25, -0.2) is 4.79 Å². The summed E-state index contributed by atoms with van der Waals surface area (Å²) in [7, 11) is 0. The largest absolute Gasteiger partial charge is 0.417 e. The van der Waals surface area contributed by atoms with E-state index in [9.17, 15) is 4.79 Å². The predicted molar refractivity (Wildman–Crippen MR) is 82.1 cm³/mol. The van der Waals surface area contributed by atoms with E-state index in [1.807, 2.05) is 23.9 Å². The number of hydrogen-bond donors (Lipinski definition) is 2. The maximum Gasteiger partial charge on any atom is 0.417 e. The van der Waals surface area contributed by atoms with Gasteiger partial charge in [0.2, 0.25) is 0 Å². The first-order valence-electron chi connectivity index (χ1n) is 6.37. The van der Waals surface area contributed by atoms with Gasteiger partial charge in [0.15, 0.2) is 5.58 Å². The van der Waals surface area contributed by atoms with E-state index in [0.717, 1.165) is 17.0 Å². The monoisotopic (exact) mass is 280 g/mol. The molecule has 0 amide bonds. The van der Waals surface area contributed by atoms with E-state index in [1.54, 1.807) is 6.07 Å². The van der Waals surface area contributed by atoms with Gasteiger partial charge < -0.3 is 9.73 Å². The molecule has 0 saturated heterocycles. The van der Waals surface area contributed by atoms with Crippen molar-refractivity contribution in [1.29, 1.82) is 0 Å². The van der Waals surface area contributed by atoms with Crippen LogP contribution in [0.2, 0.25) is 0 Å². The zero-order valence-electron chi connectivity index (χ0n) is 11.7. The van der Waals surface area contributed by atoms with E-state index in [-0.39, 0.29) is 4.75 Å². The minimum Gasteiger partial charge on any atom is -0.408 e. The first kappa shape index (κ1) is 14.1. The molecule has 4 nitrogen and oxygen atoms in total. The third-order valence-corrected chi connectivity index (χ3v) is 4.13. The van der Waals surface area contributed by atoms with Crippen molar-refractivity contribution in [3.8, 4) is 0 Å². The van der Waals surface area contributed by atoms with Crippen molar-refractivity contribution in [2.45, 2.75) is 38.5 Å². The van der Waals surface area contributed by atoms with Crippen molar-refractivity contribution in [2.75, 3.05) is 11.1 Å². The highest BCUT2D eigenvalue weighted by Gasteiger charge is 2.13. The topological polar surface area (TPSA) is 58.0 Å². The maximum absolute atomic E-state index is 11.1. The summed E-state index contributed by atoms with van der Waals surface area (Å²) >= 11 is 1.93. The van der Waals surface area contributed by atoms with Gasteiger partial charge in [0.1, 0.15) is 0 Å². The van der Waals surface area contributed by atoms with Gasteiger partial charge in [-0.2, -0.15) is 11.8 Å². The van der Waals surface area contributed by atoms with E-state index < -0.39 is 5.76 Å². The molecule has 0 aliphatic carbocycles. The molecule has 0 saturated carbocycles. The highest BCUT2D eigenvalue weighted by atomic mass is 32.2. The quantitative estimate of drug-likeness (QED) is 0.900. The number of anilines is 1. The molecule has 2 rings (SSSR count). The molecule has 1 aromatic heterocycles. The Hall–Kier alpha value is -1.36. The minimum atomic E-state index is -0.413. The zero-order chi connectivity index (χ0) is 14.0. The molecule has 2 aromatic rings. The summed E-state index contributed by atoms with van der Waals surface area (Å²) in [5.74, 6) is 0.618. The summed E-state index contributed by atoms with van der Waals surface area (Å²) in [6.45, 7) is 8.80. The Balaban J connectivity index is 2.02. The van der Waals surface area contributed by atoms with Gasteiger partial charge in [-0.05, 0) is 25.1 Å². The molecule has 0 spiro atoms. The van der Waals surface area contributed by atoms with Crippen LogP contribution >= 0.6 is 11.8 Å². The lowest BCUT2D eigenvalue weighted by molar-refractivity contribution is 0.555. The Morgan fingerprint density at radius 1 is 1.42 bits per heavy atom. The maximum atomic E-state index is 11.1. The van der Waals surface area contributed by atoms with Gasteiger partial charge in [0.05, 0.1) is 5.52 Å². The molecule has 0 fully saturated rings. The number of nitrogens with one attached hydrogen (secondary N) is 2. The Morgan fingerprint density at radius 2 is 2.16 bits per heavy atom. The zero-order valence-corrected chi connectivity index (χ0v) is 12.6. The predicted octanol–water partition coefficient (Wildman–Crippen LogP) is 3.45. The van der Waals surface area contributed by atoms with Crippen LogP contribution in [-0.4, -0.2) is 21.5 Å². The van der Waals surface area contributed by atoms with E-state index in [1.165, 1.54) is 0 Å². The second-order valence-corrected chi connectivity index (χ2v) is 7.54. The molecular weight excluding hydrogens is 260 g/mol. The average molecular weight is 280 g/mol. The fraction of sp³-hybridized carbons (Fsp3) is 0.500. The lowest BCUT2D eigenvalue weighted by atomic mass is 10.2. The number of aromatic amines is 1. The van der Waals surface area contributed by atoms with Crippen LogP contribution in [-0.2, 0) is 0 Å². The molecule has 1 heterocycles. The van der Waals surface area contributed by atoms with Gasteiger partial charge in [0, 0.05) is 22.2 Å². The number of benzene rings is 1. The molecule has 5 heteroatoms. The summed E-state index contributed by atoms with van der Waals surface area (Å²) in [6, 6.07) is 6.00. The molecule has 0 bridgehead atoms. The van der Waals surface area contributed by atoms with Crippen LogP contribution in [0.3, 0.4) is 0 Å². The summed E-state index contributed by atoms with van der Waals surface area (Å²) in [4.78, 5) is 13.8. The van der Waals surface area contributed by atoms with E-state index in [4.69, 9.17) is 4.42 Å². The summed E-state index contributed by atoms with van der Waals surface area (Å²) in [5.41, 5.74) is 2.31. The molecule has 1 atom stereocenters. The highest BCUT2D eigenvalue weighted by molar-refractivity contribution is 8.00. The molecule has 104 valence electrons. The van der Waals surface area contributed by atoms with Gasteiger partial charge >= 0.3 is 5.76 Å². The fourth-order valence-electron chi connectivity index (χ4n) is 1.74. The van der Waals surface area contributed by atoms with Crippen LogP contribution in [0.4, 0.5) is 5.69 Å². The minimum absolute atomic E-state index is 0.274. The number of thioether (sulfide) groups is 1. The summed E-state index contributed by atoms with van der Waals surface area (Å²) < 4.78 is 5.25. The molecule has 19 heavy (non-hydrogen) atoms. The lowest BCUT2D eigenvalue weighted by Crippen LogP contribution is -2.21. The standard InChI is InChI=1S/C14H20N2O2S/c1-9(8-19-14(2,3)4)15-10-5-6-12-11(7-10)16-13(17)18-12/h5-7,9,15H,8H2,1-4H3,(H,16,17)/t9-/m1/s1. The number of hydrogen-bond acceptors (Lipinski definition) is 4. The number of H-pyrrole nitrogens is 1. The van der Waals surface area contributed by atoms with Gasteiger partial charge in [0.25, 0.3) is 0 Å². The van der Waals surface area contributed by atoms with Crippen LogP contribution in [0.5, 0.6) is 0 Å². The Kier molecular flexibility index (Phi) is 3.94. The number of rotatable bonds is 4. The molecule has 0 aliphatic rings. The molecule has 0 aliphatic heterocycles. The van der Waals surface area contributed by atoms with Gasteiger partial charge in [-0.15, -0.1) is 0 Å². The molecule has 2 N–H and O–H groups in total. The highest BCUT2D eigenvalue weighted by Crippen LogP contribution is 2.25. The van der Waals surface area contributed by atoms with E-state index >= 15 is 0 Å². The lowest BCUT2D eigenvalue weighted by Gasteiger charge is -2.22. The third-order valence-electron chi connectivity index (χ3n) is 2.60. The van der Waals surface area contributed by atoms with Crippen LogP contribution in [0, 0.1) is 0 Å². The van der Waals surface area contributed by atoms with Crippen molar-refractivity contribution < 1.29 is 4.42 Å². The first-order valence-corrected chi connectivity index (χ1v) is 7.35. The molecule has 0 unspecified atom stereocenters. The summed E-state index contributed by atoms with van der Waals surface area (Å²) in [6.07, 6.45) is 0.